The number of thioether (sulfide) groups is 1. The lowest BCUT2D eigenvalue weighted by Crippen LogP contribution is -2.20. The maximum absolute atomic E-state index is 3.57. The molecule has 1 unspecified atom stereocenters. The molecule has 0 bridgehead atoms. The lowest BCUT2D eigenvalue weighted by molar-refractivity contribution is 0.625. The van der Waals surface area contributed by atoms with Crippen molar-refractivity contribution in [3.05, 3.63) is 50.6 Å². The lowest BCUT2D eigenvalue weighted by Gasteiger charge is -2.11. The zero-order chi connectivity index (χ0) is 12.4. The van der Waals surface area contributed by atoms with Crippen LogP contribution in [0.5, 0.6) is 0 Å². The van der Waals surface area contributed by atoms with Crippen LogP contribution in [0.25, 0.3) is 0 Å². The van der Waals surface area contributed by atoms with Gasteiger partial charge in [0.05, 0.1) is 0 Å². The zero-order valence-electron chi connectivity index (χ0n) is 9.86. The maximum atomic E-state index is 3.57. The van der Waals surface area contributed by atoms with Gasteiger partial charge >= 0.3 is 0 Å². The molecule has 1 nitrogen and oxygen atoms in total. The molecule has 2 heterocycles. The molecule has 0 spiro atoms. The van der Waals surface area contributed by atoms with Crippen LogP contribution in [-0.4, -0.2) is 12.3 Å². The van der Waals surface area contributed by atoms with Gasteiger partial charge in [0.2, 0.25) is 0 Å². The number of thiophene rings is 1. The second kappa shape index (κ2) is 5.78. The molecule has 2 aromatic rings. The Hall–Kier alpha value is -0.290. The van der Waals surface area contributed by atoms with Gasteiger partial charge in [-0.1, -0.05) is 18.2 Å². The SMILES string of the molecule is Brc1csc(CNCC2CSc3ccccc32)c1. The molecule has 18 heavy (non-hydrogen) atoms. The van der Waals surface area contributed by atoms with Crippen LogP contribution < -0.4 is 5.32 Å². The van der Waals surface area contributed by atoms with E-state index < -0.39 is 0 Å². The van der Waals surface area contributed by atoms with E-state index in [9.17, 15) is 0 Å². The van der Waals surface area contributed by atoms with Crippen molar-refractivity contribution in [2.24, 2.45) is 0 Å². The van der Waals surface area contributed by atoms with E-state index in [0.717, 1.165) is 13.1 Å². The molecule has 94 valence electrons. The summed E-state index contributed by atoms with van der Waals surface area (Å²) in [6.07, 6.45) is 0. The minimum Gasteiger partial charge on any atom is -0.311 e. The molecule has 1 aliphatic rings. The molecule has 0 saturated heterocycles. The zero-order valence-corrected chi connectivity index (χ0v) is 13.1. The van der Waals surface area contributed by atoms with Crippen molar-refractivity contribution >= 4 is 39.0 Å². The van der Waals surface area contributed by atoms with Gasteiger partial charge in [0.25, 0.3) is 0 Å². The number of benzene rings is 1. The highest BCUT2D eigenvalue weighted by molar-refractivity contribution is 9.10. The van der Waals surface area contributed by atoms with Crippen LogP contribution in [0.4, 0.5) is 0 Å². The Morgan fingerprint density at radius 3 is 3.06 bits per heavy atom. The molecule has 0 aliphatic carbocycles. The summed E-state index contributed by atoms with van der Waals surface area (Å²) >= 11 is 7.28. The Balaban J connectivity index is 1.56. The average Bonchev–Trinajstić information content (AvgIpc) is 2.97. The summed E-state index contributed by atoms with van der Waals surface area (Å²) < 4.78 is 1.19. The van der Waals surface area contributed by atoms with Crippen LogP contribution in [0.2, 0.25) is 0 Å². The molecular weight excluding hydrogens is 326 g/mol. The summed E-state index contributed by atoms with van der Waals surface area (Å²) in [5, 5.41) is 5.71. The van der Waals surface area contributed by atoms with Gasteiger partial charge in [-0.2, -0.15) is 0 Å². The Morgan fingerprint density at radius 2 is 2.22 bits per heavy atom. The van der Waals surface area contributed by atoms with Gasteiger partial charge in [0.15, 0.2) is 0 Å². The molecule has 0 saturated carbocycles. The van der Waals surface area contributed by atoms with Gasteiger partial charge in [0, 0.05) is 44.4 Å². The highest BCUT2D eigenvalue weighted by Crippen LogP contribution is 2.38. The molecule has 1 aromatic heterocycles. The number of halogens is 1. The summed E-state index contributed by atoms with van der Waals surface area (Å²) in [5.41, 5.74) is 1.52. The highest BCUT2D eigenvalue weighted by Gasteiger charge is 2.21. The Labute approximate surface area is 124 Å². The van der Waals surface area contributed by atoms with E-state index in [1.54, 1.807) is 11.3 Å². The molecule has 0 fully saturated rings. The third kappa shape index (κ3) is 2.82. The van der Waals surface area contributed by atoms with E-state index in [-0.39, 0.29) is 0 Å². The lowest BCUT2D eigenvalue weighted by atomic mass is 10.0. The molecule has 1 atom stereocenters. The number of hydrogen-bond donors (Lipinski definition) is 1. The molecule has 4 heteroatoms. The van der Waals surface area contributed by atoms with Gasteiger partial charge < -0.3 is 5.32 Å². The van der Waals surface area contributed by atoms with Crippen LogP contribution in [0.15, 0.2) is 45.1 Å². The number of rotatable bonds is 4. The van der Waals surface area contributed by atoms with Crippen molar-refractivity contribution in [1.82, 2.24) is 5.32 Å². The van der Waals surface area contributed by atoms with E-state index in [4.69, 9.17) is 0 Å². The smallest absolute Gasteiger partial charge is 0.0300 e. The number of hydrogen-bond acceptors (Lipinski definition) is 3. The fraction of sp³-hybridized carbons (Fsp3) is 0.286. The van der Waals surface area contributed by atoms with Crippen molar-refractivity contribution in [1.29, 1.82) is 0 Å². The summed E-state index contributed by atoms with van der Waals surface area (Å²) in [7, 11) is 0. The fourth-order valence-corrected chi connectivity index (χ4v) is 4.89. The largest absolute Gasteiger partial charge is 0.311 e. The Kier molecular flexibility index (Phi) is 4.09. The van der Waals surface area contributed by atoms with Crippen LogP contribution in [-0.2, 0) is 6.54 Å². The summed E-state index contributed by atoms with van der Waals surface area (Å²) in [6.45, 7) is 2.04. The van der Waals surface area contributed by atoms with Crippen LogP contribution >= 0.6 is 39.0 Å². The van der Waals surface area contributed by atoms with Crippen molar-refractivity contribution in [2.75, 3.05) is 12.3 Å². The maximum Gasteiger partial charge on any atom is 0.0300 e. The van der Waals surface area contributed by atoms with Crippen LogP contribution in [0.3, 0.4) is 0 Å². The molecule has 0 radical (unpaired) electrons. The predicted octanol–water partition coefficient (Wildman–Crippen LogP) is 4.49. The molecule has 3 rings (SSSR count). The van der Waals surface area contributed by atoms with E-state index in [2.05, 4.69) is 57.0 Å². The summed E-state index contributed by atoms with van der Waals surface area (Å²) in [6, 6.07) is 11.0. The van der Waals surface area contributed by atoms with Gasteiger partial charge in [-0.05, 0) is 33.6 Å². The minimum absolute atomic E-state index is 0.662. The van der Waals surface area contributed by atoms with Gasteiger partial charge in [0.1, 0.15) is 0 Å². The first-order chi connectivity index (χ1) is 8.83. The Morgan fingerprint density at radius 1 is 1.33 bits per heavy atom. The highest BCUT2D eigenvalue weighted by atomic mass is 79.9. The van der Waals surface area contributed by atoms with E-state index in [1.165, 1.54) is 25.6 Å². The fourth-order valence-electron chi connectivity index (χ4n) is 2.21. The molecule has 1 aromatic carbocycles. The predicted molar refractivity (Wildman–Crippen MR) is 83.6 cm³/mol. The normalized spacial score (nSPS) is 17.9. The van der Waals surface area contributed by atoms with Gasteiger partial charge in [-0.3, -0.25) is 0 Å². The number of nitrogens with one attached hydrogen (secondary N) is 1. The average molecular weight is 340 g/mol. The first kappa shape index (κ1) is 12.7. The van der Waals surface area contributed by atoms with Crippen molar-refractivity contribution in [3.63, 3.8) is 0 Å². The minimum atomic E-state index is 0.662. The Bertz CT molecular complexity index is 538. The van der Waals surface area contributed by atoms with Crippen molar-refractivity contribution < 1.29 is 0 Å². The van der Waals surface area contributed by atoms with Gasteiger partial charge in [-0.25, -0.2) is 0 Å². The van der Waals surface area contributed by atoms with E-state index >= 15 is 0 Å². The first-order valence-corrected chi connectivity index (χ1v) is 8.64. The van der Waals surface area contributed by atoms with Crippen molar-refractivity contribution in [2.45, 2.75) is 17.4 Å². The van der Waals surface area contributed by atoms with Crippen molar-refractivity contribution in [3.8, 4) is 0 Å². The third-order valence-corrected chi connectivity index (χ3v) is 6.06. The van der Waals surface area contributed by atoms with Crippen LogP contribution in [0.1, 0.15) is 16.4 Å². The third-order valence-electron chi connectivity index (χ3n) is 3.11. The monoisotopic (exact) mass is 339 g/mol. The molecule has 1 aliphatic heterocycles. The van der Waals surface area contributed by atoms with E-state index in [0.29, 0.717) is 5.92 Å². The molecule has 0 amide bonds. The number of fused-ring (bicyclic) bond motifs is 1. The second-order valence-electron chi connectivity index (χ2n) is 4.41. The summed E-state index contributed by atoms with van der Waals surface area (Å²) in [5.74, 6) is 1.87. The topological polar surface area (TPSA) is 12.0 Å². The van der Waals surface area contributed by atoms with Gasteiger partial charge in [-0.15, -0.1) is 23.1 Å². The molecule has 1 N–H and O–H groups in total. The quantitative estimate of drug-likeness (QED) is 0.880. The molecular formula is C14H14BrNS2. The second-order valence-corrected chi connectivity index (χ2v) is 7.38. The standard InChI is InChI=1S/C14H14BrNS2/c15-11-5-12(17-9-11)7-16-6-10-8-18-14-4-2-1-3-13(10)14/h1-5,9-10,16H,6-8H2. The van der Waals surface area contributed by atoms with Crippen LogP contribution in [0, 0.1) is 0 Å². The van der Waals surface area contributed by atoms with E-state index in [1.807, 2.05) is 11.8 Å². The summed E-state index contributed by atoms with van der Waals surface area (Å²) in [4.78, 5) is 2.85. The first-order valence-electron chi connectivity index (χ1n) is 5.98.